The molecule has 98 valence electrons. The molecular weight excluding hydrogens is 248 g/mol. The predicted octanol–water partition coefficient (Wildman–Crippen LogP) is 1.77. The fraction of sp³-hybridized carbons (Fsp3) is 0.462. The maximum absolute atomic E-state index is 7.42. The molecule has 0 bridgehead atoms. The second kappa shape index (κ2) is 5.59. The molecule has 1 aromatic carbocycles. The Labute approximate surface area is 113 Å². The summed E-state index contributed by atoms with van der Waals surface area (Å²) in [6.07, 6.45) is 0. The van der Waals surface area contributed by atoms with E-state index in [0.29, 0.717) is 10.6 Å². The van der Waals surface area contributed by atoms with Crippen LogP contribution in [0.4, 0.5) is 5.69 Å². The first kappa shape index (κ1) is 13.2. The molecule has 4 nitrogen and oxygen atoms in total. The van der Waals surface area contributed by atoms with Crippen molar-refractivity contribution < 1.29 is 0 Å². The zero-order valence-electron chi connectivity index (χ0n) is 10.6. The molecule has 1 fully saturated rings. The van der Waals surface area contributed by atoms with Gasteiger partial charge in [0, 0.05) is 37.4 Å². The van der Waals surface area contributed by atoms with Gasteiger partial charge in [0.25, 0.3) is 0 Å². The standard InChI is InChI=1S/C13H19ClN4/c1-2-17-5-7-18(8-6-17)10-3-4-11(13(15)16)12(14)9-10/h3-4,9H,2,5-8H2,1H3,(H3,15,16). The maximum Gasteiger partial charge on any atom is 0.124 e. The molecule has 1 saturated heterocycles. The molecule has 0 spiro atoms. The van der Waals surface area contributed by atoms with Crippen molar-refractivity contribution in [2.45, 2.75) is 6.92 Å². The molecule has 3 N–H and O–H groups in total. The molecule has 1 aliphatic rings. The van der Waals surface area contributed by atoms with Crippen LogP contribution in [0.5, 0.6) is 0 Å². The van der Waals surface area contributed by atoms with E-state index in [-0.39, 0.29) is 5.84 Å². The summed E-state index contributed by atoms with van der Waals surface area (Å²) in [5.74, 6) is 0.0161. The largest absolute Gasteiger partial charge is 0.384 e. The van der Waals surface area contributed by atoms with E-state index in [2.05, 4.69) is 16.7 Å². The summed E-state index contributed by atoms with van der Waals surface area (Å²) in [6.45, 7) is 7.50. The SMILES string of the molecule is CCN1CCN(c2ccc(C(=N)N)c(Cl)c2)CC1. The minimum Gasteiger partial charge on any atom is -0.384 e. The van der Waals surface area contributed by atoms with Crippen LogP contribution in [0.25, 0.3) is 0 Å². The van der Waals surface area contributed by atoms with E-state index < -0.39 is 0 Å². The van der Waals surface area contributed by atoms with Crippen LogP contribution < -0.4 is 10.6 Å². The van der Waals surface area contributed by atoms with E-state index in [0.717, 1.165) is 38.4 Å². The Bertz CT molecular complexity index is 439. The smallest absolute Gasteiger partial charge is 0.124 e. The van der Waals surface area contributed by atoms with Gasteiger partial charge < -0.3 is 15.5 Å². The van der Waals surface area contributed by atoms with E-state index in [1.165, 1.54) is 0 Å². The van der Waals surface area contributed by atoms with E-state index >= 15 is 0 Å². The highest BCUT2D eigenvalue weighted by Gasteiger charge is 2.16. The van der Waals surface area contributed by atoms with Crippen molar-refractivity contribution in [3.8, 4) is 0 Å². The summed E-state index contributed by atoms with van der Waals surface area (Å²) < 4.78 is 0. The Morgan fingerprint density at radius 3 is 2.50 bits per heavy atom. The number of hydrogen-bond acceptors (Lipinski definition) is 3. The number of halogens is 1. The van der Waals surface area contributed by atoms with Gasteiger partial charge in [0.05, 0.1) is 5.02 Å². The topological polar surface area (TPSA) is 56.4 Å². The second-order valence-electron chi connectivity index (χ2n) is 4.50. The van der Waals surface area contributed by atoms with Gasteiger partial charge in [-0.05, 0) is 24.7 Å². The van der Waals surface area contributed by atoms with Crippen LogP contribution in [-0.4, -0.2) is 43.5 Å². The molecule has 1 aromatic rings. The molecule has 0 atom stereocenters. The first-order valence-electron chi connectivity index (χ1n) is 6.23. The first-order valence-corrected chi connectivity index (χ1v) is 6.61. The minimum absolute atomic E-state index is 0.0161. The predicted molar refractivity (Wildman–Crippen MR) is 76.8 cm³/mol. The molecule has 0 aromatic heterocycles. The van der Waals surface area contributed by atoms with Crippen molar-refractivity contribution in [1.29, 1.82) is 5.41 Å². The summed E-state index contributed by atoms with van der Waals surface area (Å²) >= 11 is 6.14. The number of nitrogens with one attached hydrogen (secondary N) is 1. The number of nitrogens with two attached hydrogens (primary N) is 1. The Morgan fingerprint density at radius 1 is 1.33 bits per heavy atom. The number of rotatable bonds is 3. The quantitative estimate of drug-likeness (QED) is 0.648. The summed E-state index contributed by atoms with van der Waals surface area (Å²) in [4.78, 5) is 4.75. The lowest BCUT2D eigenvalue weighted by Crippen LogP contribution is -2.46. The van der Waals surface area contributed by atoms with E-state index in [4.69, 9.17) is 22.7 Å². The lowest BCUT2D eigenvalue weighted by molar-refractivity contribution is 0.271. The summed E-state index contributed by atoms with van der Waals surface area (Å²) in [5, 5.41) is 7.97. The third kappa shape index (κ3) is 2.76. The maximum atomic E-state index is 7.42. The van der Waals surface area contributed by atoms with Crippen LogP contribution in [0.2, 0.25) is 5.02 Å². The third-order valence-electron chi connectivity index (χ3n) is 3.43. The molecular formula is C13H19ClN4. The monoisotopic (exact) mass is 266 g/mol. The first-order chi connectivity index (χ1) is 8.61. The fourth-order valence-electron chi connectivity index (χ4n) is 2.24. The fourth-order valence-corrected chi connectivity index (χ4v) is 2.52. The summed E-state index contributed by atoms with van der Waals surface area (Å²) in [5.41, 5.74) is 7.17. The van der Waals surface area contributed by atoms with Gasteiger partial charge in [-0.15, -0.1) is 0 Å². The van der Waals surface area contributed by atoms with Gasteiger partial charge in [-0.2, -0.15) is 0 Å². The number of benzene rings is 1. The van der Waals surface area contributed by atoms with Crippen LogP contribution in [-0.2, 0) is 0 Å². The molecule has 0 unspecified atom stereocenters. The zero-order chi connectivity index (χ0) is 13.1. The van der Waals surface area contributed by atoms with Crippen LogP contribution in [0.1, 0.15) is 12.5 Å². The van der Waals surface area contributed by atoms with Gasteiger partial charge in [0.2, 0.25) is 0 Å². The molecule has 0 amide bonds. The van der Waals surface area contributed by atoms with Gasteiger partial charge in [-0.3, -0.25) is 5.41 Å². The summed E-state index contributed by atoms with van der Waals surface area (Å²) in [6, 6.07) is 5.72. The Balaban J connectivity index is 2.11. The molecule has 1 aliphatic heterocycles. The lowest BCUT2D eigenvalue weighted by atomic mass is 10.1. The second-order valence-corrected chi connectivity index (χ2v) is 4.91. The Kier molecular flexibility index (Phi) is 4.09. The minimum atomic E-state index is 0.0161. The molecule has 0 radical (unpaired) electrons. The van der Waals surface area contributed by atoms with Crippen LogP contribution in [0.15, 0.2) is 18.2 Å². The van der Waals surface area contributed by atoms with Crippen molar-refractivity contribution in [2.24, 2.45) is 5.73 Å². The van der Waals surface area contributed by atoms with Gasteiger partial charge in [-0.1, -0.05) is 18.5 Å². The lowest BCUT2D eigenvalue weighted by Gasteiger charge is -2.35. The molecule has 0 aliphatic carbocycles. The average Bonchev–Trinajstić information content (AvgIpc) is 2.38. The van der Waals surface area contributed by atoms with Crippen molar-refractivity contribution in [3.63, 3.8) is 0 Å². The van der Waals surface area contributed by atoms with Crippen LogP contribution >= 0.6 is 11.6 Å². The number of amidine groups is 1. The molecule has 1 heterocycles. The Morgan fingerprint density at radius 2 is 2.00 bits per heavy atom. The molecule has 2 rings (SSSR count). The number of hydrogen-bond donors (Lipinski definition) is 2. The van der Waals surface area contributed by atoms with E-state index in [9.17, 15) is 0 Å². The van der Waals surface area contributed by atoms with Gasteiger partial charge in [0.15, 0.2) is 0 Å². The van der Waals surface area contributed by atoms with Gasteiger partial charge in [0.1, 0.15) is 5.84 Å². The highest BCUT2D eigenvalue weighted by Crippen LogP contribution is 2.24. The Hall–Kier alpha value is -1.26. The van der Waals surface area contributed by atoms with Gasteiger partial charge >= 0.3 is 0 Å². The molecule has 18 heavy (non-hydrogen) atoms. The highest BCUT2D eigenvalue weighted by molar-refractivity contribution is 6.34. The van der Waals surface area contributed by atoms with Crippen molar-refractivity contribution in [3.05, 3.63) is 28.8 Å². The molecule has 5 heteroatoms. The number of anilines is 1. The van der Waals surface area contributed by atoms with Crippen molar-refractivity contribution >= 4 is 23.1 Å². The van der Waals surface area contributed by atoms with Crippen LogP contribution in [0.3, 0.4) is 0 Å². The normalized spacial score (nSPS) is 16.9. The zero-order valence-corrected chi connectivity index (χ0v) is 11.4. The van der Waals surface area contributed by atoms with Crippen molar-refractivity contribution in [2.75, 3.05) is 37.6 Å². The van der Waals surface area contributed by atoms with Gasteiger partial charge in [-0.25, -0.2) is 0 Å². The number of likely N-dealkylation sites (N-methyl/N-ethyl adjacent to an activating group) is 1. The molecule has 0 saturated carbocycles. The number of piperazine rings is 1. The number of nitrogens with zero attached hydrogens (tertiary/aromatic N) is 2. The van der Waals surface area contributed by atoms with Crippen LogP contribution in [0, 0.1) is 5.41 Å². The average molecular weight is 267 g/mol. The van der Waals surface area contributed by atoms with E-state index in [1.54, 1.807) is 0 Å². The third-order valence-corrected chi connectivity index (χ3v) is 3.74. The highest BCUT2D eigenvalue weighted by atomic mass is 35.5. The van der Waals surface area contributed by atoms with E-state index in [1.807, 2.05) is 18.2 Å². The number of nitrogen functional groups attached to an aromatic ring is 1. The summed E-state index contributed by atoms with van der Waals surface area (Å²) in [7, 11) is 0. The van der Waals surface area contributed by atoms with Crippen molar-refractivity contribution in [1.82, 2.24) is 4.90 Å².